The van der Waals surface area contributed by atoms with Crippen molar-refractivity contribution in [2.24, 2.45) is 5.92 Å². The van der Waals surface area contributed by atoms with E-state index in [1.54, 1.807) is 6.07 Å². The molecule has 1 aliphatic carbocycles. The minimum atomic E-state index is -0.776. The molecule has 5 heteroatoms. The van der Waals surface area contributed by atoms with E-state index < -0.39 is 5.97 Å². The zero-order valence-corrected chi connectivity index (χ0v) is 19.8. The van der Waals surface area contributed by atoms with Gasteiger partial charge in [0.1, 0.15) is 0 Å². The van der Waals surface area contributed by atoms with E-state index in [-0.39, 0.29) is 17.7 Å². The molecular formula is C27H39FO4. The molecule has 0 amide bonds. The number of ether oxygens (including phenoxy) is 2. The lowest BCUT2D eigenvalue weighted by atomic mass is 9.74. The molecule has 1 N–H and O–H groups in total. The normalized spacial score (nSPS) is 21.3. The number of benzene rings is 1. The highest BCUT2D eigenvalue weighted by molar-refractivity contribution is 5.66. The van der Waals surface area contributed by atoms with Crippen molar-refractivity contribution in [1.29, 1.82) is 0 Å². The fourth-order valence-corrected chi connectivity index (χ4v) is 5.31. The lowest BCUT2D eigenvalue weighted by Gasteiger charge is -2.28. The molecule has 0 radical (unpaired) electrons. The molecule has 0 spiro atoms. The average Bonchev–Trinajstić information content (AvgIpc) is 3.14. The number of fused-ring (bicyclic) bond motifs is 1. The Morgan fingerprint density at radius 3 is 2.75 bits per heavy atom. The van der Waals surface area contributed by atoms with E-state index in [0.29, 0.717) is 37.1 Å². The maximum atomic E-state index is 15.2. The van der Waals surface area contributed by atoms with Gasteiger partial charge in [-0.05, 0) is 51.0 Å². The summed E-state index contributed by atoms with van der Waals surface area (Å²) in [6.07, 6.45) is 13.8. The molecule has 1 atom stereocenters. The van der Waals surface area contributed by atoms with Gasteiger partial charge >= 0.3 is 5.97 Å². The molecule has 2 aliphatic rings. The van der Waals surface area contributed by atoms with E-state index in [0.717, 1.165) is 37.7 Å². The quantitative estimate of drug-likeness (QED) is 0.345. The van der Waals surface area contributed by atoms with Crippen LogP contribution in [-0.4, -0.2) is 24.3 Å². The highest BCUT2D eigenvalue weighted by Crippen LogP contribution is 2.48. The van der Waals surface area contributed by atoms with Crippen molar-refractivity contribution in [1.82, 2.24) is 0 Å². The van der Waals surface area contributed by atoms with Gasteiger partial charge < -0.3 is 14.6 Å². The van der Waals surface area contributed by atoms with Crippen molar-refractivity contribution >= 4 is 5.97 Å². The minimum Gasteiger partial charge on any atom is -0.490 e. The summed E-state index contributed by atoms with van der Waals surface area (Å²) in [4.78, 5) is 10.7. The Labute approximate surface area is 192 Å². The summed E-state index contributed by atoms with van der Waals surface area (Å²) in [7, 11) is 0. The Kier molecular flexibility index (Phi) is 9.01. The summed E-state index contributed by atoms with van der Waals surface area (Å²) in [5.41, 5.74) is 1.93. The number of hydrogen-bond acceptors (Lipinski definition) is 3. The molecule has 4 nitrogen and oxygen atoms in total. The molecular weight excluding hydrogens is 407 g/mol. The highest BCUT2D eigenvalue weighted by atomic mass is 19.1. The number of rotatable bonds is 12. The van der Waals surface area contributed by atoms with Crippen LogP contribution in [0.1, 0.15) is 96.5 Å². The highest BCUT2D eigenvalue weighted by Gasteiger charge is 2.41. The van der Waals surface area contributed by atoms with Crippen LogP contribution in [0.3, 0.4) is 0 Å². The predicted octanol–water partition coefficient (Wildman–Crippen LogP) is 7.20. The second kappa shape index (κ2) is 11.7. The number of aliphatic carboxylic acids is 1. The van der Waals surface area contributed by atoms with Crippen molar-refractivity contribution in [2.45, 2.75) is 96.3 Å². The van der Waals surface area contributed by atoms with Crippen molar-refractivity contribution in [3.8, 4) is 11.5 Å². The van der Waals surface area contributed by atoms with E-state index in [1.165, 1.54) is 37.7 Å². The van der Waals surface area contributed by atoms with Gasteiger partial charge in [0.05, 0.1) is 13.2 Å². The van der Waals surface area contributed by atoms with Crippen LogP contribution in [0.4, 0.5) is 4.39 Å². The Morgan fingerprint density at radius 1 is 1.25 bits per heavy atom. The van der Waals surface area contributed by atoms with Crippen molar-refractivity contribution in [3.05, 3.63) is 35.2 Å². The molecule has 0 bridgehead atoms. The summed E-state index contributed by atoms with van der Waals surface area (Å²) in [5, 5.41) is 8.83. The second-order valence-corrected chi connectivity index (χ2v) is 9.70. The first kappa shape index (κ1) is 24.6. The lowest BCUT2D eigenvalue weighted by molar-refractivity contribution is -0.136. The van der Waals surface area contributed by atoms with Gasteiger partial charge in [-0.15, -0.1) is 0 Å². The summed E-state index contributed by atoms with van der Waals surface area (Å²) in [5.74, 6) is 0.235. The van der Waals surface area contributed by atoms with E-state index in [9.17, 15) is 4.79 Å². The zero-order chi connectivity index (χ0) is 23.0. The molecule has 1 aliphatic heterocycles. The monoisotopic (exact) mass is 446 g/mol. The molecule has 0 saturated heterocycles. The van der Waals surface area contributed by atoms with E-state index in [1.807, 2.05) is 19.1 Å². The fourth-order valence-electron chi connectivity index (χ4n) is 5.31. The van der Waals surface area contributed by atoms with Gasteiger partial charge in [0.15, 0.2) is 11.5 Å². The largest absolute Gasteiger partial charge is 0.490 e. The van der Waals surface area contributed by atoms with Crippen molar-refractivity contribution in [3.63, 3.8) is 0 Å². The molecule has 1 aromatic rings. The number of carboxylic acid groups (broad SMARTS) is 1. The first-order valence-electron chi connectivity index (χ1n) is 12.4. The van der Waals surface area contributed by atoms with Gasteiger partial charge in [-0.3, -0.25) is 4.79 Å². The second-order valence-electron chi connectivity index (χ2n) is 9.70. The average molecular weight is 447 g/mol. The van der Waals surface area contributed by atoms with Crippen LogP contribution >= 0.6 is 0 Å². The molecule has 0 aromatic heterocycles. The van der Waals surface area contributed by atoms with Gasteiger partial charge in [-0.1, -0.05) is 63.2 Å². The first-order chi connectivity index (χ1) is 15.4. The molecule has 1 unspecified atom stereocenters. The maximum absolute atomic E-state index is 15.2. The minimum absolute atomic E-state index is 0.151. The van der Waals surface area contributed by atoms with Gasteiger partial charge in [0.2, 0.25) is 5.82 Å². The maximum Gasteiger partial charge on any atom is 0.303 e. The van der Waals surface area contributed by atoms with Crippen LogP contribution in [-0.2, 0) is 10.2 Å². The molecule has 3 rings (SSSR count). The van der Waals surface area contributed by atoms with Gasteiger partial charge in [0, 0.05) is 17.4 Å². The third kappa shape index (κ3) is 6.26. The summed E-state index contributed by atoms with van der Waals surface area (Å²) in [6, 6.07) is 3.78. The van der Waals surface area contributed by atoms with Crippen LogP contribution < -0.4 is 9.47 Å². The number of carboxylic acids is 1. The van der Waals surface area contributed by atoms with Crippen molar-refractivity contribution in [2.75, 3.05) is 13.2 Å². The SMILES string of the molecule is CCCC1(CCC(C)=CCCC(=O)O)COc2c1ccc(OCCC1CCCCC1)c2F. The standard InChI is InChI=1S/C27H39FO4/c1-3-16-27(17-14-20(2)8-7-11-24(29)30)19-32-26-22(27)12-13-23(25(26)28)31-18-15-21-9-5-4-6-10-21/h8,12-13,21H,3-7,9-11,14-19H2,1-2H3,(H,29,30). The Bertz CT molecular complexity index is 797. The lowest BCUT2D eigenvalue weighted by Crippen LogP contribution is -2.28. The molecule has 178 valence electrons. The van der Waals surface area contributed by atoms with E-state index in [2.05, 4.69) is 6.92 Å². The molecule has 1 heterocycles. The van der Waals surface area contributed by atoms with Crippen LogP contribution in [0.5, 0.6) is 11.5 Å². The van der Waals surface area contributed by atoms with Crippen LogP contribution in [0.25, 0.3) is 0 Å². The first-order valence-corrected chi connectivity index (χ1v) is 12.4. The molecule has 32 heavy (non-hydrogen) atoms. The molecule has 1 aromatic carbocycles. The van der Waals surface area contributed by atoms with Crippen LogP contribution in [0.15, 0.2) is 23.8 Å². The Morgan fingerprint density at radius 2 is 2.03 bits per heavy atom. The zero-order valence-electron chi connectivity index (χ0n) is 19.8. The number of carbonyl (C=O) groups is 1. The third-order valence-electron chi connectivity index (χ3n) is 7.21. The number of hydrogen-bond donors (Lipinski definition) is 1. The summed E-state index contributed by atoms with van der Waals surface area (Å²) in [6.45, 7) is 5.23. The van der Waals surface area contributed by atoms with Crippen molar-refractivity contribution < 1.29 is 23.8 Å². The van der Waals surface area contributed by atoms with E-state index in [4.69, 9.17) is 14.6 Å². The van der Waals surface area contributed by atoms with Gasteiger partial charge in [-0.2, -0.15) is 4.39 Å². The van der Waals surface area contributed by atoms with Crippen LogP contribution in [0, 0.1) is 11.7 Å². The third-order valence-corrected chi connectivity index (χ3v) is 7.21. The van der Waals surface area contributed by atoms with Crippen LogP contribution in [0.2, 0.25) is 0 Å². The number of allylic oxidation sites excluding steroid dienone is 2. The Balaban J connectivity index is 1.64. The summed E-state index contributed by atoms with van der Waals surface area (Å²) < 4.78 is 27.0. The van der Waals surface area contributed by atoms with Gasteiger partial charge in [0.25, 0.3) is 0 Å². The predicted molar refractivity (Wildman–Crippen MR) is 125 cm³/mol. The fraction of sp³-hybridized carbons (Fsp3) is 0.667. The molecule has 1 saturated carbocycles. The summed E-state index contributed by atoms with van der Waals surface area (Å²) >= 11 is 0. The number of halogens is 1. The van der Waals surface area contributed by atoms with E-state index >= 15 is 4.39 Å². The Hall–Kier alpha value is -2.04. The van der Waals surface area contributed by atoms with Gasteiger partial charge in [-0.25, -0.2) is 0 Å². The smallest absolute Gasteiger partial charge is 0.303 e. The topological polar surface area (TPSA) is 55.8 Å². The molecule has 1 fully saturated rings.